The van der Waals surface area contributed by atoms with E-state index in [1.54, 1.807) is 0 Å². The lowest BCUT2D eigenvalue weighted by molar-refractivity contribution is 0.257. The van der Waals surface area contributed by atoms with Crippen molar-refractivity contribution in [3.8, 4) is 0 Å². The third-order valence-electron chi connectivity index (χ3n) is 4.29. The fraction of sp³-hybridized carbons (Fsp3) is 0.625. The van der Waals surface area contributed by atoms with Gasteiger partial charge in [-0.1, -0.05) is 6.07 Å². The van der Waals surface area contributed by atoms with E-state index in [-0.39, 0.29) is 0 Å². The second-order valence-corrected chi connectivity index (χ2v) is 5.76. The number of anilines is 1. The van der Waals surface area contributed by atoms with Crippen LogP contribution in [0, 0.1) is 13.8 Å². The maximum atomic E-state index is 3.32. The van der Waals surface area contributed by atoms with E-state index in [0.29, 0.717) is 6.04 Å². The molecule has 1 fully saturated rings. The lowest BCUT2D eigenvalue weighted by atomic mass is 10.1. The highest BCUT2D eigenvalue weighted by molar-refractivity contribution is 5.51. The van der Waals surface area contributed by atoms with Crippen molar-refractivity contribution in [1.29, 1.82) is 0 Å². The Kier molecular flexibility index (Phi) is 4.83. The first-order valence-electron chi connectivity index (χ1n) is 7.29. The molecule has 1 saturated heterocycles. The number of nitrogens with zero attached hydrogens (tertiary/aromatic N) is 2. The van der Waals surface area contributed by atoms with Crippen LogP contribution in [0.2, 0.25) is 0 Å². The van der Waals surface area contributed by atoms with Crippen LogP contribution < -0.4 is 10.2 Å². The first-order valence-corrected chi connectivity index (χ1v) is 7.29. The van der Waals surface area contributed by atoms with Crippen LogP contribution in [0.5, 0.6) is 0 Å². The number of hydrogen-bond acceptors (Lipinski definition) is 3. The molecule has 0 spiro atoms. The first-order chi connectivity index (χ1) is 9.11. The number of likely N-dealkylation sites (N-methyl/N-ethyl adjacent to an activating group) is 2. The van der Waals surface area contributed by atoms with Crippen LogP contribution in [0.1, 0.15) is 17.5 Å². The molecule has 1 N–H and O–H groups in total. The second kappa shape index (κ2) is 6.40. The highest BCUT2D eigenvalue weighted by Gasteiger charge is 2.21. The van der Waals surface area contributed by atoms with Gasteiger partial charge in [0.25, 0.3) is 0 Å². The summed E-state index contributed by atoms with van der Waals surface area (Å²) in [4.78, 5) is 5.02. The van der Waals surface area contributed by atoms with Crippen LogP contribution in [0.4, 0.5) is 5.69 Å². The SMILES string of the molecule is CNCC1CN(c2ccc(C)c(C)c2)CCCN1C. The number of benzene rings is 1. The van der Waals surface area contributed by atoms with Gasteiger partial charge in [0.15, 0.2) is 0 Å². The smallest absolute Gasteiger partial charge is 0.0392 e. The summed E-state index contributed by atoms with van der Waals surface area (Å²) in [5.74, 6) is 0. The van der Waals surface area contributed by atoms with Gasteiger partial charge in [-0.3, -0.25) is 0 Å². The van der Waals surface area contributed by atoms with Gasteiger partial charge in [0.05, 0.1) is 0 Å². The zero-order valence-corrected chi connectivity index (χ0v) is 12.7. The number of hydrogen-bond donors (Lipinski definition) is 1. The van der Waals surface area contributed by atoms with E-state index in [4.69, 9.17) is 0 Å². The predicted molar refractivity (Wildman–Crippen MR) is 83.1 cm³/mol. The van der Waals surface area contributed by atoms with Crippen LogP contribution in [0.3, 0.4) is 0 Å². The molecule has 1 aromatic carbocycles. The quantitative estimate of drug-likeness (QED) is 0.898. The maximum absolute atomic E-state index is 3.32. The molecule has 0 aliphatic carbocycles. The molecule has 0 aromatic heterocycles. The van der Waals surface area contributed by atoms with E-state index in [1.807, 2.05) is 7.05 Å². The van der Waals surface area contributed by atoms with Crippen LogP contribution in [0.15, 0.2) is 18.2 Å². The van der Waals surface area contributed by atoms with E-state index >= 15 is 0 Å². The Balaban J connectivity index is 2.15. The van der Waals surface area contributed by atoms with Crippen LogP contribution in [-0.2, 0) is 0 Å². The topological polar surface area (TPSA) is 18.5 Å². The largest absolute Gasteiger partial charge is 0.370 e. The van der Waals surface area contributed by atoms with E-state index in [9.17, 15) is 0 Å². The predicted octanol–water partition coefficient (Wildman–Crippen LogP) is 2.03. The Labute approximate surface area is 117 Å². The minimum absolute atomic E-state index is 0.592. The molecule has 1 heterocycles. The molecule has 0 bridgehead atoms. The minimum atomic E-state index is 0.592. The zero-order chi connectivity index (χ0) is 13.8. The summed E-state index contributed by atoms with van der Waals surface area (Å²) in [6, 6.07) is 7.43. The molecule has 3 heteroatoms. The molecule has 106 valence electrons. The molecule has 0 saturated carbocycles. The standard InChI is InChI=1S/C16H27N3/c1-13-6-7-15(10-14(13)2)19-9-5-8-18(4)16(12-19)11-17-3/h6-7,10,16-17H,5,8-9,11-12H2,1-4H3. The monoisotopic (exact) mass is 261 g/mol. The molecule has 0 radical (unpaired) electrons. The van der Waals surface area contributed by atoms with E-state index in [1.165, 1.54) is 29.8 Å². The van der Waals surface area contributed by atoms with Crippen molar-refractivity contribution in [2.24, 2.45) is 0 Å². The number of aryl methyl sites for hydroxylation is 2. The average molecular weight is 261 g/mol. The highest BCUT2D eigenvalue weighted by atomic mass is 15.2. The second-order valence-electron chi connectivity index (χ2n) is 5.76. The molecule has 2 rings (SSSR count). The van der Waals surface area contributed by atoms with Gasteiger partial charge in [-0.2, -0.15) is 0 Å². The van der Waals surface area contributed by atoms with Gasteiger partial charge in [-0.15, -0.1) is 0 Å². The van der Waals surface area contributed by atoms with Gasteiger partial charge in [-0.25, -0.2) is 0 Å². The number of rotatable bonds is 3. The Morgan fingerprint density at radius 2 is 2.00 bits per heavy atom. The van der Waals surface area contributed by atoms with Crippen LogP contribution >= 0.6 is 0 Å². The Bertz CT molecular complexity index is 416. The summed E-state index contributed by atoms with van der Waals surface area (Å²) in [7, 11) is 4.28. The summed E-state index contributed by atoms with van der Waals surface area (Å²) in [5.41, 5.74) is 4.14. The maximum Gasteiger partial charge on any atom is 0.0392 e. The lowest BCUT2D eigenvalue weighted by Crippen LogP contribution is -2.44. The highest BCUT2D eigenvalue weighted by Crippen LogP contribution is 2.21. The lowest BCUT2D eigenvalue weighted by Gasteiger charge is -2.30. The van der Waals surface area contributed by atoms with Gasteiger partial charge in [0.1, 0.15) is 0 Å². The molecule has 1 aromatic rings. The normalized spacial score (nSPS) is 21.5. The third kappa shape index (κ3) is 3.48. The molecule has 3 nitrogen and oxygen atoms in total. The zero-order valence-electron chi connectivity index (χ0n) is 12.7. The van der Waals surface area contributed by atoms with Crippen LogP contribution in [0.25, 0.3) is 0 Å². The van der Waals surface area contributed by atoms with E-state index in [2.05, 4.69) is 54.2 Å². The fourth-order valence-corrected chi connectivity index (χ4v) is 2.79. The summed E-state index contributed by atoms with van der Waals surface area (Å²) in [6.45, 7) is 8.89. The minimum Gasteiger partial charge on any atom is -0.370 e. The third-order valence-corrected chi connectivity index (χ3v) is 4.29. The van der Waals surface area contributed by atoms with Crippen molar-refractivity contribution in [2.45, 2.75) is 26.3 Å². The van der Waals surface area contributed by atoms with Gasteiger partial charge >= 0.3 is 0 Å². The van der Waals surface area contributed by atoms with Crippen LogP contribution in [-0.4, -0.2) is 51.2 Å². The van der Waals surface area contributed by atoms with Crippen molar-refractivity contribution in [3.05, 3.63) is 29.3 Å². The summed E-state index contributed by atoms with van der Waals surface area (Å²) >= 11 is 0. The molecular formula is C16H27N3. The molecular weight excluding hydrogens is 234 g/mol. The Morgan fingerprint density at radius 3 is 2.68 bits per heavy atom. The fourth-order valence-electron chi connectivity index (χ4n) is 2.79. The van der Waals surface area contributed by atoms with Crippen molar-refractivity contribution in [2.75, 3.05) is 45.2 Å². The molecule has 1 atom stereocenters. The molecule has 0 amide bonds. The van der Waals surface area contributed by atoms with Gasteiger partial charge in [0.2, 0.25) is 0 Å². The van der Waals surface area contributed by atoms with Gasteiger partial charge < -0.3 is 15.1 Å². The molecule has 19 heavy (non-hydrogen) atoms. The number of nitrogens with one attached hydrogen (secondary N) is 1. The van der Waals surface area contributed by atoms with Crippen molar-refractivity contribution >= 4 is 5.69 Å². The van der Waals surface area contributed by atoms with Crippen molar-refractivity contribution in [3.63, 3.8) is 0 Å². The average Bonchev–Trinajstić information content (AvgIpc) is 2.56. The molecule has 1 unspecified atom stereocenters. The summed E-state index contributed by atoms with van der Waals surface area (Å²) < 4.78 is 0. The summed E-state index contributed by atoms with van der Waals surface area (Å²) in [6.07, 6.45) is 1.24. The van der Waals surface area contributed by atoms with E-state index < -0.39 is 0 Å². The Hall–Kier alpha value is -1.06. The van der Waals surface area contributed by atoms with Gasteiger partial charge in [0, 0.05) is 31.4 Å². The first kappa shape index (κ1) is 14.4. The van der Waals surface area contributed by atoms with Crippen molar-refractivity contribution < 1.29 is 0 Å². The van der Waals surface area contributed by atoms with Crippen molar-refractivity contribution in [1.82, 2.24) is 10.2 Å². The van der Waals surface area contributed by atoms with E-state index in [0.717, 1.165) is 19.6 Å². The molecule has 1 aliphatic rings. The van der Waals surface area contributed by atoms with Gasteiger partial charge in [-0.05, 0) is 64.2 Å². The molecule has 1 aliphatic heterocycles. The summed E-state index contributed by atoms with van der Waals surface area (Å²) in [5, 5.41) is 3.32. The Morgan fingerprint density at radius 1 is 1.21 bits per heavy atom.